The van der Waals surface area contributed by atoms with Gasteiger partial charge in [0.05, 0.1) is 12.8 Å². The molecule has 0 atom stereocenters. The van der Waals surface area contributed by atoms with Crippen molar-refractivity contribution in [3.8, 4) is 12.3 Å². The van der Waals surface area contributed by atoms with Crippen LogP contribution in [0.5, 0.6) is 0 Å². The third-order valence-corrected chi connectivity index (χ3v) is 2.50. The van der Waals surface area contributed by atoms with E-state index in [1.807, 2.05) is 30.3 Å². The molecule has 1 aromatic carbocycles. The molecule has 1 aromatic rings. The zero-order chi connectivity index (χ0) is 13.6. The monoisotopic (exact) mass is 265 g/mol. The predicted octanol–water partition coefficient (Wildman–Crippen LogP) is 1.53. The van der Waals surface area contributed by atoms with Crippen LogP contribution in [-0.2, 0) is 14.3 Å². The fourth-order valence-electron chi connectivity index (χ4n) is 1.26. The van der Waals surface area contributed by atoms with Crippen LogP contribution in [0.1, 0.15) is 5.56 Å². The molecule has 0 amide bonds. The lowest BCUT2D eigenvalue weighted by atomic mass is 10.2. The molecule has 0 spiro atoms. The minimum atomic E-state index is -3.59. The van der Waals surface area contributed by atoms with Crippen molar-refractivity contribution in [2.75, 3.05) is 19.8 Å². The van der Waals surface area contributed by atoms with Gasteiger partial charge in [-0.15, -0.1) is 6.42 Å². The van der Waals surface area contributed by atoms with Crippen LogP contribution in [0.15, 0.2) is 36.2 Å². The van der Waals surface area contributed by atoms with Crippen LogP contribution in [0.4, 0.5) is 0 Å². The molecule has 0 saturated carbocycles. The summed E-state index contributed by atoms with van der Waals surface area (Å²) in [7, 11) is -1.92. The van der Waals surface area contributed by atoms with Crippen LogP contribution in [-0.4, -0.2) is 33.2 Å². The first kappa shape index (κ1) is 14.1. The third-order valence-electron chi connectivity index (χ3n) is 2.03. The lowest BCUT2D eigenvalue weighted by molar-refractivity contribution is 0.277. The van der Waals surface area contributed by atoms with Gasteiger partial charge in [-0.05, 0) is 5.56 Å². The van der Waals surface area contributed by atoms with E-state index in [-0.39, 0.29) is 12.4 Å². The molecule has 4 nitrogen and oxygen atoms in total. The van der Waals surface area contributed by atoms with Gasteiger partial charge >= 0.3 is 10.1 Å². The van der Waals surface area contributed by atoms with Gasteiger partial charge in [-0.1, -0.05) is 36.3 Å². The van der Waals surface area contributed by atoms with Crippen LogP contribution in [0, 0.1) is 12.3 Å². The summed E-state index contributed by atoms with van der Waals surface area (Å²) in [5, 5.41) is 0. The first-order valence-corrected chi connectivity index (χ1v) is 7.05. The summed E-state index contributed by atoms with van der Waals surface area (Å²) in [5.74, 6) is 2.63. The van der Waals surface area contributed by atoms with Crippen LogP contribution < -0.4 is 0 Å². The zero-order valence-corrected chi connectivity index (χ0v) is 11.1. The summed E-state index contributed by atoms with van der Waals surface area (Å²) < 4.78 is 27.3. The van der Waals surface area contributed by atoms with E-state index in [9.17, 15) is 8.42 Å². The number of hydrogen-bond donors (Lipinski definition) is 0. The molecular formula is C13H15NO3S. The maximum atomic E-state index is 11.2. The highest BCUT2D eigenvalue weighted by molar-refractivity contribution is 7.86. The van der Waals surface area contributed by atoms with Crippen LogP contribution in [0.2, 0.25) is 0 Å². The molecule has 0 aliphatic rings. The van der Waals surface area contributed by atoms with Crippen LogP contribution in [0.25, 0.3) is 6.08 Å². The molecule has 0 fully saturated rings. The number of rotatable bonds is 5. The van der Waals surface area contributed by atoms with Gasteiger partial charge in [-0.25, -0.2) is 0 Å². The molecule has 0 unspecified atom stereocenters. The van der Waals surface area contributed by atoms with E-state index in [2.05, 4.69) is 5.92 Å². The van der Waals surface area contributed by atoms with Crippen molar-refractivity contribution in [2.45, 2.75) is 0 Å². The number of benzene rings is 1. The van der Waals surface area contributed by atoms with Gasteiger partial charge in [0.15, 0.2) is 0 Å². The largest absolute Gasteiger partial charge is 0.364 e. The van der Waals surface area contributed by atoms with E-state index in [1.54, 1.807) is 18.0 Å². The van der Waals surface area contributed by atoms with E-state index in [1.165, 1.54) is 0 Å². The molecule has 0 radical (unpaired) electrons. The van der Waals surface area contributed by atoms with E-state index >= 15 is 0 Å². The number of hydrogen-bond acceptors (Lipinski definition) is 4. The maximum Gasteiger partial charge on any atom is 0.307 e. The van der Waals surface area contributed by atoms with Gasteiger partial charge in [0.1, 0.15) is 0 Å². The van der Waals surface area contributed by atoms with Crippen molar-refractivity contribution in [3.63, 3.8) is 0 Å². The van der Waals surface area contributed by atoms with Gasteiger partial charge in [0, 0.05) is 13.1 Å². The molecule has 0 heterocycles. The standard InChI is InChI=1S/C13H15NO3S/c1-4-10-14(2)13(17-18(3,15)16)11-12-8-6-5-7-9-12/h1,5-9,11H,10H2,2-3H3/b13-11-. The highest BCUT2D eigenvalue weighted by atomic mass is 32.2. The predicted molar refractivity (Wildman–Crippen MR) is 71.8 cm³/mol. The second kappa shape index (κ2) is 6.12. The van der Waals surface area contributed by atoms with Crippen LogP contribution in [0.3, 0.4) is 0 Å². The first-order chi connectivity index (χ1) is 8.42. The average molecular weight is 265 g/mol. The lowest BCUT2D eigenvalue weighted by Gasteiger charge is -2.19. The smallest absolute Gasteiger partial charge is 0.307 e. The Morgan fingerprint density at radius 3 is 2.56 bits per heavy atom. The summed E-state index contributed by atoms with van der Waals surface area (Å²) in [4.78, 5) is 1.55. The van der Waals surface area contributed by atoms with Crippen molar-refractivity contribution in [1.82, 2.24) is 4.90 Å². The molecule has 96 valence electrons. The summed E-state index contributed by atoms with van der Waals surface area (Å²) in [6, 6.07) is 9.26. The van der Waals surface area contributed by atoms with Crippen molar-refractivity contribution in [1.29, 1.82) is 0 Å². The molecule has 0 aromatic heterocycles. The fraction of sp³-hybridized carbons (Fsp3) is 0.231. The molecular weight excluding hydrogens is 250 g/mol. The normalized spacial score (nSPS) is 11.7. The van der Waals surface area contributed by atoms with Crippen LogP contribution >= 0.6 is 0 Å². The topological polar surface area (TPSA) is 46.6 Å². The van der Waals surface area contributed by atoms with Gasteiger partial charge in [-0.2, -0.15) is 8.42 Å². The SMILES string of the molecule is C#CCN(C)/C(=C/c1ccccc1)OS(C)(=O)=O. The minimum absolute atomic E-state index is 0.196. The van der Waals surface area contributed by atoms with Crippen molar-refractivity contribution in [2.24, 2.45) is 0 Å². The average Bonchev–Trinajstić information content (AvgIpc) is 2.28. The Kier molecular flexibility index (Phi) is 4.81. The van der Waals surface area contributed by atoms with E-state index in [0.29, 0.717) is 0 Å². The molecule has 0 bridgehead atoms. The Morgan fingerprint density at radius 2 is 2.06 bits per heavy atom. The molecule has 0 aliphatic heterocycles. The Labute approximate surface area is 108 Å². The van der Waals surface area contributed by atoms with Crippen molar-refractivity contribution in [3.05, 3.63) is 41.8 Å². The molecule has 0 aliphatic carbocycles. The molecule has 0 saturated heterocycles. The van der Waals surface area contributed by atoms with Gasteiger partial charge in [0.2, 0.25) is 5.88 Å². The summed E-state index contributed by atoms with van der Waals surface area (Å²) in [5.41, 5.74) is 0.833. The number of terminal acetylenes is 1. The lowest BCUT2D eigenvalue weighted by Crippen LogP contribution is -2.21. The van der Waals surface area contributed by atoms with E-state index in [4.69, 9.17) is 10.6 Å². The molecule has 18 heavy (non-hydrogen) atoms. The summed E-state index contributed by atoms with van der Waals surface area (Å²) in [6.07, 6.45) is 7.82. The Hall–Kier alpha value is -1.93. The van der Waals surface area contributed by atoms with Crippen molar-refractivity contribution >= 4 is 16.2 Å². The number of nitrogens with zero attached hydrogens (tertiary/aromatic N) is 1. The summed E-state index contributed by atoms with van der Waals surface area (Å²) >= 11 is 0. The highest BCUT2D eigenvalue weighted by Crippen LogP contribution is 2.13. The van der Waals surface area contributed by atoms with Gasteiger partial charge in [-0.3, -0.25) is 0 Å². The molecule has 1 rings (SSSR count). The highest BCUT2D eigenvalue weighted by Gasteiger charge is 2.11. The van der Waals surface area contributed by atoms with Crippen molar-refractivity contribution < 1.29 is 12.6 Å². The minimum Gasteiger partial charge on any atom is -0.364 e. The maximum absolute atomic E-state index is 11.2. The van der Waals surface area contributed by atoms with E-state index in [0.717, 1.165) is 11.8 Å². The first-order valence-electron chi connectivity index (χ1n) is 5.23. The zero-order valence-electron chi connectivity index (χ0n) is 10.3. The quantitative estimate of drug-likeness (QED) is 0.460. The van der Waals surface area contributed by atoms with Gasteiger partial charge in [0.25, 0.3) is 0 Å². The molecule has 0 N–H and O–H groups in total. The Balaban J connectivity index is 3.05. The molecule has 5 heteroatoms. The Bertz CT molecular complexity index is 556. The van der Waals surface area contributed by atoms with E-state index < -0.39 is 10.1 Å². The second-order valence-corrected chi connectivity index (χ2v) is 5.32. The second-order valence-electron chi connectivity index (χ2n) is 3.74. The summed E-state index contributed by atoms with van der Waals surface area (Å²) in [6.45, 7) is 0.258. The van der Waals surface area contributed by atoms with Gasteiger partial charge < -0.3 is 9.08 Å². The third kappa shape index (κ3) is 4.93. The fourth-order valence-corrected chi connectivity index (χ4v) is 1.75. The Morgan fingerprint density at radius 1 is 1.44 bits per heavy atom.